The summed E-state index contributed by atoms with van der Waals surface area (Å²) >= 11 is 0. The van der Waals surface area contributed by atoms with Crippen LogP contribution in [0.15, 0.2) is 24.3 Å². The molecule has 0 unspecified atom stereocenters. The van der Waals surface area contributed by atoms with E-state index in [1.165, 1.54) is 0 Å². The highest BCUT2D eigenvalue weighted by Gasteiger charge is 2.24. The van der Waals surface area contributed by atoms with Gasteiger partial charge in [-0.15, -0.1) is 0 Å². The third-order valence-electron chi connectivity index (χ3n) is 3.72. The van der Waals surface area contributed by atoms with Crippen molar-refractivity contribution in [2.45, 2.75) is 18.9 Å². The minimum absolute atomic E-state index is 0.252. The van der Waals surface area contributed by atoms with Crippen molar-refractivity contribution in [3.05, 3.63) is 29.8 Å². The molecule has 0 amide bonds. The zero-order valence-electron chi connectivity index (χ0n) is 11.7. The number of hydrogen-bond acceptors (Lipinski definition) is 4. The molecule has 0 aliphatic carbocycles. The molecule has 1 saturated heterocycles. The number of piperidine rings is 1. The summed E-state index contributed by atoms with van der Waals surface area (Å²) in [6.45, 7) is 2.54. The number of carboxylic acid groups (broad SMARTS) is 1. The molecule has 2 N–H and O–H groups in total. The molecule has 0 bridgehead atoms. The van der Waals surface area contributed by atoms with E-state index in [0.717, 1.165) is 25.9 Å². The number of rotatable bonds is 6. The fourth-order valence-corrected chi connectivity index (χ4v) is 2.51. The summed E-state index contributed by atoms with van der Waals surface area (Å²) in [4.78, 5) is 10.7. The molecule has 1 aliphatic rings. The van der Waals surface area contributed by atoms with E-state index in [4.69, 9.17) is 14.6 Å². The van der Waals surface area contributed by atoms with Crippen LogP contribution < -0.4 is 10.1 Å². The highest BCUT2D eigenvalue weighted by Crippen LogP contribution is 2.20. The molecule has 0 aromatic heterocycles. The normalized spacial score (nSPS) is 22.4. The molecule has 1 fully saturated rings. The van der Waals surface area contributed by atoms with E-state index < -0.39 is 5.97 Å². The van der Waals surface area contributed by atoms with Crippen LogP contribution in [-0.4, -0.2) is 44.0 Å². The van der Waals surface area contributed by atoms with Crippen LogP contribution in [0.2, 0.25) is 0 Å². The molecule has 0 radical (unpaired) electrons. The number of carbonyl (C=O) groups is 1. The Kier molecular flexibility index (Phi) is 5.38. The molecule has 1 aliphatic heterocycles. The van der Waals surface area contributed by atoms with Crippen molar-refractivity contribution in [1.29, 1.82) is 0 Å². The van der Waals surface area contributed by atoms with Gasteiger partial charge in [-0.3, -0.25) is 0 Å². The molecule has 2 atom stereocenters. The fourth-order valence-electron chi connectivity index (χ4n) is 2.51. The molecule has 0 spiro atoms. The van der Waals surface area contributed by atoms with Crippen LogP contribution in [0, 0.1) is 5.92 Å². The van der Waals surface area contributed by atoms with Crippen LogP contribution in [0.4, 0.5) is 0 Å². The van der Waals surface area contributed by atoms with Crippen LogP contribution >= 0.6 is 0 Å². The molecule has 1 heterocycles. The van der Waals surface area contributed by atoms with Gasteiger partial charge in [-0.1, -0.05) is 0 Å². The van der Waals surface area contributed by atoms with Crippen molar-refractivity contribution in [2.24, 2.45) is 5.92 Å². The number of aromatic carboxylic acids is 1. The summed E-state index contributed by atoms with van der Waals surface area (Å²) in [6.07, 6.45) is 2.29. The van der Waals surface area contributed by atoms with Gasteiger partial charge in [-0.2, -0.15) is 0 Å². The summed E-state index contributed by atoms with van der Waals surface area (Å²) in [5, 5.41) is 12.1. The summed E-state index contributed by atoms with van der Waals surface area (Å²) < 4.78 is 11.1. The van der Waals surface area contributed by atoms with Gasteiger partial charge in [0.1, 0.15) is 5.75 Å². The molecule has 1 aromatic carbocycles. The Balaban J connectivity index is 1.78. The zero-order chi connectivity index (χ0) is 14.4. The van der Waals surface area contributed by atoms with Gasteiger partial charge >= 0.3 is 5.97 Å². The average Bonchev–Trinajstić information content (AvgIpc) is 2.48. The third-order valence-corrected chi connectivity index (χ3v) is 3.72. The topological polar surface area (TPSA) is 67.8 Å². The second-order valence-electron chi connectivity index (χ2n) is 4.99. The van der Waals surface area contributed by atoms with Crippen molar-refractivity contribution in [3.8, 4) is 5.75 Å². The molecule has 5 heteroatoms. The van der Waals surface area contributed by atoms with Crippen molar-refractivity contribution >= 4 is 5.97 Å². The minimum Gasteiger partial charge on any atom is -0.494 e. The van der Waals surface area contributed by atoms with E-state index in [0.29, 0.717) is 18.3 Å². The number of ether oxygens (including phenoxy) is 2. The monoisotopic (exact) mass is 279 g/mol. The van der Waals surface area contributed by atoms with Gasteiger partial charge in [-0.25, -0.2) is 4.79 Å². The van der Waals surface area contributed by atoms with Crippen molar-refractivity contribution in [2.75, 3.05) is 26.8 Å². The summed E-state index contributed by atoms with van der Waals surface area (Å²) in [5.41, 5.74) is 0.273. The Morgan fingerprint density at radius 1 is 1.40 bits per heavy atom. The van der Waals surface area contributed by atoms with Crippen molar-refractivity contribution < 1.29 is 19.4 Å². The molecule has 20 heavy (non-hydrogen) atoms. The third kappa shape index (κ3) is 3.95. The second-order valence-corrected chi connectivity index (χ2v) is 4.99. The Morgan fingerprint density at radius 3 is 2.80 bits per heavy atom. The van der Waals surface area contributed by atoms with E-state index in [-0.39, 0.29) is 11.7 Å². The van der Waals surface area contributed by atoms with Crippen LogP contribution in [0.25, 0.3) is 0 Å². The lowest BCUT2D eigenvalue weighted by Crippen LogP contribution is -2.42. The molecule has 110 valence electrons. The van der Waals surface area contributed by atoms with E-state index in [2.05, 4.69) is 5.32 Å². The number of hydrogen-bond donors (Lipinski definition) is 2. The number of methoxy groups -OCH3 is 1. The van der Waals surface area contributed by atoms with Crippen LogP contribution in [-0.2, 0) is 4.74 Å². The smallest absolute Gasteiger partial charge is 0.335 e. The molecular formula is C15H21NO4. The SMILES string of the molecule is CO[C@@H]1CNCC[C@@H]1CCOc1ccc(C(=O)O)cc1. The van der Waals surface area contributed by atoms with Crippen molar-refractivity contribution in [3.63, 3.8) is 0 Å². The first-order chi connectivity index (χ1) is 9.70. The Labute approximate surface area is 118 Å². The van der Waals surface area contributed by atoms with E-state index in [9.17, 15) is 4.79 Å². The summed E-state index contributed by atoms with van der Waals surface area (Å²) in [5.74, 6) is 0.298. The van der Waals surface area contributed by atoms with Crippen LogP contribution in [0.3, 0.4) is 0 Å². The first-order valence-corrected chi connectivity index (χ1v) is 6.90. The first-order valence-electron chi connectivity index (χ1n) is 6.90. The first kappa shape index (κ1) is 14.8. The second kappa shape index (κ2) is 7.26. The van der Waals surface area contributed by atoms with Gasteiger partial charge in [0.05, 0.1) is 18.3 Å². The standard InChI is InChI=1S/C15H21NO4/c1-19-14-10-16-8-6-11(14)7-9-20-13-4-2-12(3-5-13)15(17)18/h2-5,11,14,16H,6-10H2,1H3,(H,17,18)/t11-,14-/m1/s1. The van der Waals surface area contributed by atoms with Gasteiger partial charge in [-0.05, 0) is 49.6 Å². The van der Waals surface area contributed by atoms with E-state index in [1.54, 1.807) is 31.4 Å². The molecule has 2 rings (SSSR count). The maximum Gasteiger partial charge on any atom is 0.335 e. The highest BCUT2D eigenvalue weighted by atomic mass is 16.5. The maximum absolute atomic E-state index is 10.7. The highest BCUT2D eigenvalue weighted by molar-refractivity contribution is 5.87. The molecule has 5 nitrogen and oxygen atoms in total. The van der Waals surface area contributed by atoms with Gasteiger partial charge in [0.15, 0.2) is 0 Å². The lowest BCUT2D eigenvalue weighted by molar-refractivity contribution is 0.0253. The van der Waals surface area contributed by atoms with Crippen LogP contribution in [0.5, 0.6) is 5.75 Å². The Bertz CT molecular complexity index is 432. The van der Waals surface area contributed by atoms with E-state index >= 15 is 0 Å². The fraction of sp³-hybridized carbons (Fsp3) is 0.533. The van der Waals surface area contributed by atoms with Gasteiger partial charge in [0.2, 0.25) is 0 Å². The number of carboxylic acids is 1. The molecule has 1 aromatic rings. The summed E-state index contributed by atoms with van der Waals surface area (Å²) in [6, 6.07) is 6.50. The van der Waals surface area contributed by atoms with E-state index in [1.807, 2.05) is 0 Å². The quantitative estimate of drug-likeness (QED) is 0.831. The predicted octanol–water partition coefficient (Wildman–Crippen LogP) is 1.78. The Hall–Kier alpha value is -1.59. The van der Waals surface area contributed by atoms with Gasteiger partial charge in [0.25, 0.3) is 0 Å². The lowest BCUT2D eigenvalue weighted by Gasteiger charge is -2.31. The van der Waals surface area contributed by atoms with Crippen molar-refractivity contribution in [1.82, 2.24) is 5.32 Å². The minimum atomic E-state index is -0.922. The van der Waals surface area contributed by atoms with Gasteiger partial charge < -0.3 is 19.9 Å². The van der Waals surface area contributed by atoms with Crippen LogP contribution in [0.1, 0.15) is 23.2 Å². The number of nitrogens with one attached hydrogen (secondary N) is 1. The van der Waals surface area contributed by atoms with Gasteiger partial charge in [0, 0.05) is 13.7 Å². The maximum atomic E-state index is 10.7. The number of benzene rings is 1. The zero-order valence-corrected chi connectivity index (χ0v) is 11.7. The molecular weight excluding hydrogens is 258 g/mol. The molecule has 0 saturated carbocycles. The largest absolute Gasteiger partial charge is 0.494 e. The lowest BCUT2D eigenvalue weighted by atomic mass is 9.92. The Morgan fingerprint density at radius 2 is 2.15 bits per heavy atom. The summed E-state index contributed by atoms with van der Waals surface area (Å²) in [7, 11) is 1.75. The average molecular weight is 279 g/mol. The predicted molar refractivity (Wildman–Crippen MR) is 75.3 cm³/mol.